The van der Waals surface area contributed by atoms with Crippen molar-refractivity contribution < 1.29 is 4.39 Å². The van der Waals surface area contributed by atoms with Crippen LogP contribution >= 0.6 is 23.8 Å². The van der Waals surface area contributed by atoms with Gasteiger partial charge in [-0.3, -0.25) is 4.57 Å². The maximum atomic E-state index is 13.2. The molecule has 0 fully saturated rings. The first-order chi connectivity index (χ1) is 8.99. The molecular formula is C12H10ClFN4S. The molecule has 3 rings (SSSR count). The lowest BCUT2D eigenvalue weighted by molar-refractivity contribution is 0.627. The lowest BCUT2D eigenvalue weighted by Gasteiger charge is -2.05. The largest absolute Gasteiger partial charge is 0.327 e. The predicted octanol–water partition coefficient (Wildman–Crippen LogP) is 3.52. The van der Waals surface area contributed by atoms with Crippen molar-refractivity contribution in [3.05, 3.63) is 39.5 Å². The number of H-pyrrole nitrogens is 1. The highest BCUT2D eigenvalue weighted by molar-refractivity contribution is 7.71. The Hall–Kier alpha value is -1.66. The van der Waals surface area contributed by atoms with Crippen molar-refractivity contribution in [3.8, 4) is 5.69 Å². The lowest BCUT2D eigenvalue weighted by Crippen LogP contribution is -2.01. The molecule has 0 amide bonds. The summed E-state index contributed by atoms with van der Waals surface area (Å²) < 4.78 is 17.3. The van der Waals surface area contributed by atoms with E-state index in [4.69, 9.17) is 23.8 Å². The molecule has 0 atom stereocenters. The van der Waals surface area contributed by atoms with Crippen LogP contribution in [-0.4, -0.2) is 19.3 Å². The van der Waals surface area contributed by atoms with E-state index in [0.717, 1.165) is 16.9 Å². The van der Waals surface area contributed by atoms with Crippen molar-refractivity contribution >= 4 is 35.0 Å². The van der Waals surface area contributed by atoms with Gasteiger partial charge in [0, 0.05) is 7.05 Å². The van der Waals surface area contributed by atoms with Crippen molar-refractivity contribution in [3.63, 3.8) is 0 Å². The molecule has 2 aromatic heterocycles. The van der Waals surface area contributed by atoms with Crippen LogP contribution in [0.5, 0.6) is 0 Å². The minimum atomic E-state index is -0.454. The molecule has 98 valence electrons. The maximum Gasteiger partial charge on any atom is 0.184 e. The summed E-state index contributed by atoms with van der Waals surface area (Å²) in [6.45, 7) is 1.90. The maximum absolute atomic E-state index is 13.2. The van der Waals surface area contributed by atoms with Gasteiger partial charge in [-0.05, 0) is 37.3 Å². The second kappa shape index (κ2) is 4.18. The Morgan fingerprint density at radius 3 is 2.84 bits per heavy atom. The Bertz CT molecular complexity index is 845. The van der Waals surface area contributed by atoms with E-state index in [1.54, 1.807) is 21.4 Å². The molecule has 0 unspecified atom stereocenters. The van der Waals surface area contributed by atoms with Gasteiger partial charge in [-0.25, -0.2) is 9.07 Å². The first kappa shape index (κ1) is 12.4. The van der Waals surface area contributed by atoms with Gasteiger partial charge >= 0.3 is 0 Å². The van der Waals surface area contributed by atoms with Crippen LogP contribution in [0.25, 0.3) is 16.9 Å². The van der Waals surface area contributed by atoms with E-state index in [2.05, 4.69) is 10.1 Å². The molecule has 3 aromatic rings. The fourth-order valence-electron chi connectivity index (χ4n) is 2.17. The van der Waals surface area contributed by atoms with Crippen LogP contribution in [0.2, 0.25) is 5.02 Å². The summed E-state index contributed by atoms with van der Waals surface area (Å²) in [6, 6.07) is 4.50. The van der Waals surface area contributed by atoms with Crippen LogP contribution in [0.1, 0.15) is 5.69 Å². The summed E-state index contributed by atoms with van der Waals surface area (Å²) in [5, 5.41) is 4.39. The van der Waals surface area contributed by atoms with Crippen LogP contribution in [0.3, 0.4) is 0 Å². The number of hydrogen-bond acceptors (Lipinski definition) is 2. The molecule has 2 heterocycles. The van der Waals surface area contributed by atoms with Crippen molar-refractivity contribution in [2.45, 2.75) is 6.92 Å². The van der Waals surface area contributed by atoms with E-state index in [9.17, 15) is 4.39 Å². The topological polar surface area (TPSA) is 38.5 Å². The van der Waals surface area contributed by atoms with Gasteiger partial charge in [0.15, 0.2) is 10.4 Å². The van der Waals surface area contributed by atoms with Crippen LogP contribution in [-0.2, 0) is 7.05 Å². The van der Waals surface area contributed by atoms with Gasteiger partial charge in [-0.2, -0.15) is 5.10 Å². The number of hydrogen-bond donors (Lipinski definition) is 1. The van der Waals surface area contributed by atoms with E-state index in [1.807, 2.05) is 14.0 Å². The summed E-state index contributed by atoms with van der Waals surface area (Å²) in [5.74, 6) is -0.454. The lowest BCUT2D eigenvalue weighted by atomic mass is 10.3. The smallest absolute Gasteiger partial charge is 0.184 e. The van der Waals surface area contributed by atoms with Crippen molar-refractivity contribution in [2.75, 3.05) is 0 Å². The molecule has 19 heavy (non-hydrogen) atoms. The minimum Gasteiger partial charge on any atom is -0.327 e. The number of aromatic amines is 1. The molecule has 0 saturated heterocycles. The molecule has 7 heteroatoms. The van der Waals surface area contributed by atoms with Crippen molar-refractivity contribution in [1.82, 2.24) is 19.3 Å². The molecule has 0 aliphatic heterocycles. The third-order valence-electron chi connectivity index (χ3n) is 3.00. The van der Waals surface area contributed by atoms with E-state index in [-0.39, 0.29) is 5.02 Å². The highest BCUT2D eigenvalue weighted by atomic mass is 35.5. The van der Waals surface area contributed by atoms with Crippen LogP contribution in [0, 0.1) is 17.5 Å². The Morgan fingerprint density at radius 1 is 1.42 bits per heavy atom. The number of rotatable bonds is 1. The predicted molar refractivity (Wildman–Crippen MR) is 74.9 cm³/mol. The Labute approximate surface area is 118 Å². The van der Waals surface area contributed by atoms with Crippen LogP contribution in [0.15, 0.2) is 18.2 Å². The van der Waals surface area contributed by atoms with Crippen LogP contribution < -0.4 is 0 Å². The van der Waals surface area contributed by atoms with E-state index >= 15 is 0 Å². The Morgan fingerprint density at radius 2 is 2.16 bits per heavy atom. The molecule has 0 aliphatic carbocycles. The van der Waals surface area contributed by atoms with E-state index < -0.39 is 5.82 Å². The average Bonchev–Trinajstić information content (AvgIpc) is 2.82. The fraction of sp³-hybridized carbons (Fsp3) is 0.167. The fourth-order valence-corrected chi connectivity index (χ4v) is 2.64. The number of fused-ring (bicyclic) bond motifs is 1. The quantitative estimate of drug-likeness (QED) is 0.698. The van der Waals surface area contributed by atoms with Gasteiger partial charge in [-0.1, -0.05) is 11.6 Å². The Balaban J connectivity index is 2.38. The summed E-state index contributed by atoms with van der Waals surface area (Å²) in [4.78, 5) is 3.11. The van der Waals surface area contributed by atoms with Gasteiger partial charge in [0.2, 0.25) is 0 Å². The molecule has 0 spiro atoms. The van der Waals surface area contributed by atoms with Gasteiger partial charge < -0.3 is 4.98 Å². The highest BCUT2D eigenvalue weighted by Gasteiger charge is 2.14. The number of halogens is 2. The van der Waals surface area contributed by atoms with E-state index in [0.29, 0.717) is 10.5 Å². The second-order valence-electron chi connectivity index (χ2n) is 4.27. The monoisotopic (exact) mass is 296 g/mol. The van der Waals surface area contributed by atoms with Gasteiger partial charge in [-0.15, -0.1) is 0 Å². The summed E-state index contributed by atoms with van der Waals surface area (Å²) in [7, 11) is 1.83. The number of benzene rings is 1. The SMILES string of the molecule is Cc1nn(C)c2c1[nH]c(=S)n2-c1ccc(F)c(Cl)c1. The van der Waals surface area contributed by atoms with Gasteiger partial charge in [0.05, 0.1) is 16.4 Å². The number of nitrogens with zero attached hydrogens (tertiary/aromatic N) is 3. The summed E-state index contributed by atoms with van der Waals surface area (Å²) in [6.07, 6.45) is 0. The first-order valence-corrected chi connectivity index (χ1v) is 6.37. The standard InChI is InChI=1S/C12H10ClFN4S/c1-6-10-11(17(2)16-6)18(12(19)15-10)7-3-4-9(14)8(13)5-7/h3-5H,1-2H3,(H,15,19). The zero-order chi connectivity index (χ0) is 13.7. The zero-order valence-electron chi connectivity index (χ0n) is 10.2. The van der Waals surface area contributed by atoms with Gasteiger partial charge in [0.1, 0.15) is 11.3 Å². The summed E-state index contributed by atoms with van der Waals surface area (Å²) >= 11 is 11.1. The second-order valence-corrected chi connectivity index (χ2v) is 5.07. The number of imidazole rings is 1. The van der Waals surface area contributed by atoms with E-state index in [1.165, 1.54) is 6.07 Å². The highest BCUT2D eigenvalue weighted by Crippen LogP contribution is 2.24. The average molecular weight is 297 g/mol. The Kier molecular flexibility index (Phi) is 2.72. The zero-order valence-corrected chi connectivity index (χ0v) is 11.8. The first-order valence-electron chi connectivity index (χ1n) is 5.59. The molecule has 0 radical (unpaired) electrons. The molecule has 0 bridgehead atoms. The number of nitrogens with one attached hydrogen (secondary N) is 1. The molecular weight excluding hydrogens is 287 g/mol. The molecule has 0 saturated carbocycles. The molecule has 4 nitrogen and oxygen atoms in total. The molecule has 1 N–H and O–H groups in total. The molecule has 1 aromatic carbocycles. The summed E-state index contributed by atoms with van der Waals surface area (Å²) in [5.41, 5.74) is 3.25. The van der Waals surface area contributed by atoms with Crippen molar-refractivity contribution in [2.24, 2.45) is 7.05 Å². The minimum absolute atomic E-state index is 0.0626. The van der Waals surface area contributed by atoms with Crippen molar-refractivity contribution in [1.29, 1.82) is 0 Å². The molecule has 0 aliphatic rings. The number of aryl methyl sites for hydroxylation is 2. The van der Waals surface area contributed by atoms with Gasteiger partial charge in [0.25, 0.3) is 0 Å². The third kappa shape index (κ3) is 1.79. The van der Waals surface area contributed by atoms with Crippen LogP contribution in [0.4, 0.5) is 4.39 Å². The normalized spacial score (nSPS) is 11.4. The number of aromatic nitrogens is 4. The third-order valence-corrected chi connectivity index (χ3v) is 3.57.